The Morgan fingerprint density at radius 2 is 1.81 bits per heavy atom. The number of benzene rings is 2. The number of rotatable bonds is 4. The highest BCUT2D eigenvalue weighted by Gasteiger charge is 2.16. The Morgan fingerprint density at radius 1 is 1.10 bits per heavy atom. The van der Waals surface area contributed by atoms with E-state index in [1.807, 2.05) is 31.3 Å². The minimum atomic E-state index is -0.558. The highest BCUT2D eigenvalue weighted by atomic mass is 19.1. The summed E-state index contributed by atoms with van der Waals surface area (Å²) in [5.41, 5.74) is 2.40. The lowest BCUT2D eigenvalue weighted by Gasteiger charge is -2.15. The number of hydrogen-bond acceptors (Lipinski definition) is 2. The van der Waals surface area contributed by atoms with Crippen LogP contribution in [0.15, 0.2) is 53.1 Å². The molecule has 1 heterocycles. The first kappa shape index (κ1) is 13.8. The SMILES string of the molecule is CNC(Cc1cc(F)cc(F)c1)c1coc2ccccc12. The smallest absolute Gasteiger partial charge is 0.134 e. The van der Waals surface area contributed by atoms with Crippen LogP contribution >= 0.6 is 0 Å². The van der Waals surface area contributed by atoms with Crippen molar-refractivity contribution in [3.05, 3.63) is 71.5 Å². The maximum atomic E-state index is 13.3. The monoisotopic (exact) mass is 287 g/mol. The molecule has 0 radical (unpaired) electrons. The lowest BCUT2D eigenvalue weighted by atomic mass is 9.98. The van der Waals surface area contributed by atoms with Crippen LogP contribution in [0, 0.1) is 11.6 Å². The van der Waals surface area contributed by atoms with Gasteiger partial charge in [0.15, 0.2) is 0 Å². The van der Waals surface area contributed by atoms with Crippen LogP contribution in [0.25, 0.3) is 11.0 Å². The summed E-state index contributed by atoms with van der Waals surface area (Å²) in [6.45, 7) is 0. The Kier molecular flexibility index (Phi) is 3.71. The first-order valence-corrected chi connectivity index (χ1v) is 6.76. The molecule has 2 nitrogen and oxygen atoms in total. The molecular formula is C17H15F2NO. The minimum Gasteiger partial charge on any atom is -0.464 e. The molecule has 108 valence electrons. The van der Waals surface area contributed by atoms with Gasteiger partial charge in [-0.3, -0.25) is 0 Å². The highest BCUT2D eigenvalue weighted by molar-refractivity contribution is 5.81. The lowest BCUT2D eigenvalue weighted by molar-refractivity contribution is 0.551. The normalized spacial score (nSPS) is 12.7. The zero-order chi connectivity index (χ0) is 14.8. The molecule has 0 aliphatic heterocycles. The van der Waals surface area contributed by atoms with Crippen molar-refractivity contribution in [2.45, 2.75) is 12.5 Å². The number of halogens is 2. The van der Waals surface area contributed by atoms with Crippen LogP contribution in [0.3, 0.4) is 0 Å². The molecule has 1 atom stereocenters. The second kappa shape index (κ2) is 5.66. The summed E-state index contributed by atoms with van der Waals surface area (Å²) in [7, 11) is 1.82. The fraction of sp³-hybridized carbons (Fsp3) is 0.176. The van der Waals surface area contributed by atoms with Crippen LogP contribution in [0.2, 0.25) is 0 Å². The molecule has 21 heavy (non-hydrogen) atoms. The van der Waals surface area contributed by atoms with Crippen molar-refractivity contribution < 1.29 is 13.2 Å². The van der Waals surface area contributed by atoms with Crippen molar-refractivity contribution >= 4 is 11.0 Å². The summed E-state index contributed by atoms with van der Waals surface area (Å²) in [6, 6.07) is 11.2. The van der Waals surface area contributed by atoms with Gasteiger partial charge in [-0.05, 0) is 37.2 Å². The van der Waals surface area contributed by atoms with Gasteiger partial charge in [0.1, 0.15) is 17.2 Å². The molecule has 4 heteroatoms. The van der Waals surface area contributed by atoms with Gasteiger partial charge in [-0.25, -0.2) is 8.78 Å². The molecule has 0 saturated carbocycles. The molecule has 1 aromatic heterocycles. The van der Waals surface area contributed by atoms with Crippen LogP contribution in [0.5, 0.6) is 0 Å². The number of furan rings is 1. The average molecular weight is 287 g/mol. The Labute approximate surface area is 121 Å². The number of hydrogen-bond donors (Lipinski definition) is 1. The molecule has 3 aromatic rings. The Morgan fingerprint density at radius 3 is 2.52 bits per heavy atom. The van der Waals surface area contributed by atoms with E-state index >= 15 is 0 Å². The van der Waals surface area contributed by atoms with Gasteiger partial charge >= 0.3 is 0 Å². The quantitative estimate of drug-likeness (QED) is 0.777. The van der Waals surface area contributed by atoms with Crippen molar-refractivity contribution in [3.8, 4) is 0 Å². The molecule has 0 aliphatic carbocycles. The largest absolute Gasteiger partial charge is 0.464 e. The van der Waals surface area contributed by atoms with Gasteiger partial charge < -0.3 is 9.73 Å². The fourth-order valence-electron chi connectivity index (χ4n) is 2.60. The van der Waals surface area contributed by atoms with E-state index in [2.05, 4.69) is 5.32 Å². The van der Waals surface area contributed by atoms with E-state index in [1.54, 1.807) is 6.26 Å². The highest BCUT2D eigenvalue weighted by Crippen LogP contribution is 2.28. The predicted molar refractivity (Wildman–Crippen MR) is 78.1 cm³/mol. The summed E-state index contributed by atoms with van der Waals surface area (Å²) >= 11 is 0. The Hall–Kier alpha value is -2.20. The van der Waals surface area contributed by atoms with Gasteiger partial charge in [-0.1, -0.05) is 18.2 Å². The van der Waals surface area contributed by atoms with Crippen molar-refractivity contribution in [1.82, 2.24) is 5.32 Å². The van der Waals surface area contributed by atoms with Crippen molar-refractivity contribution in [1.29, 1.82) is 0 Å². The van der Waals surface area contributed by atoms with Crippen LogP contribution in [-0.4, -0.2) is 7.05 Å². The van der Waals surface area contributed by atoms with Crippen LogP contribution in [0.1, 0.15) is 17.2 Å². The summed E-state index contributed by atoms with van der Waals surface area (Å²) in [4.78, 5) is 0. The van der Waals surface area contributed by atoms with E-state index < -0.39 is 11.6 Å². The third-order valence-corrected chi connectivity index (χ3v) is 3.60. The molecule has 1 unspecified atom stereocenters. The summed E-state index contributed by atoms with van der Waals surface area (Å²) in [6.07, 6.45) is 2.18. The van der Waals surface area contributed by atoms with Crippen molar-refractivity contribution in [2.24, 2.45) is 0 Å². The second-order valence-corrected chi connectivity index (χ2v) is 5.01. The molecular weight excluding hydrogens is 272 g/mol. The first-order valence-electron chi connectivity index (χ1n) is 6.76. The number of likely N-dealkylation sites (N-methyl/N-ethyl adjacent to an activating group) is 1. The fourth-order valence-corrected chi connectivity index (χ4v) is 2.60. The molecule has 0 amide bonds. The number of para-hydroxylation sites is 1. The third-order valence-electron chi connectivity index (χ3n) is 3.60. The zero-order valence-electron chi connectivity index (χ0n) is 11.6. The molecule has 0 saturated heterocycles. The molecule has 3 rings (SSSR count). The lowest BCUT2D eigenvalue weighted by Crippen LogP contribution is -2.18. The molecule has 0 fully saturated rings. The van der Waals surface area contributed by atoms with E-state index in [1.165, 1.54) is 12.1 Å². The van der Waals surface area contributed by atoms with Crippen molar-refractivity contribution in [3.63, 3.8) is 0 Å². The molecule has 2 aromatic carbocycles. The van der Waals surface area contributed by atoms with Gasteiger partial charge in [0.2, 0.25) is 0 Å². The van der Waals surface area contributed by atoms with Gasteiger partial charge in [0.05, 0.1) is 6.26 Å². The molecule has 0 bridgehead atoms. The van der Waals surface area contributed by atoms with Gasteiger partial charge in [0.25, 0.3) is 0 Å². The summed E-state index contributed by atoms with van der Waals surface area (Å²) in [5.74, 6) is -1.12. The Balaban J connectivity index is 1.95. The summed E-state index contributed by atoms with van der Waals surface area (Å²) in [5, 5.41) is 4.19. The van der Waals surface area contributed by atoms with E-state index in [4.69, 9.17) is 4.42 Å². The average Bonchev–Trinajstić information content (AvgIpc) is 2.87. The van der Waals surface area contributed by atoms with Crippen LogP contribution < -0.4 is 5.32 Å². The zero-order valence-corrected chi connectivity index (χ0v) is 11.6. The van der Waals surface area contributed by atoms with Gasteiger partial charge in [-0.15, -0.1) is 0 Å². The molecule has 0 spiro atoms. The third kappa shape index (κ3) is 2.81. The van der Waals surface area contributed by atoms with E-state index in [0.29, 0.717) is 12.0 Å². The van der Waals surface area contributed by atoms with Crippen LogP contribution in [-0.2, 0) is 6.42 Å². The standard InChI is InChI=1S/C17H15F2NO/c1-20-16(8-11-6-12(18)9-13(19)7-11)15-10-21-17-5-3-2-4-14(15)17/h2-7,9-10,16,20H,8H2,1H3. The van der Waals surface area contributed by atoms with Crippen molar-refractivity contribution in [2.75, 3.05) is 7.05 Å². The number of nitrogens with one attached hydrogen (secondary N) is 1. The Bertz CT molecular complexity index is 746. The summed E-state index contributed by atoms with van der Waals surface area (Å²) < 4.78 is 32.1. The van der Waals surface area contributed by atoms with E-state index in [-0.39, 0.29) is 6.04 Å². The number of fused-ring (bicyclic) bond motifs is 1. The molecule has 1 N–H and O–H groups in total. The van der Waals surface area contributed by atoms with E-state index in [0.717, 1.165) is 22.6 Å². The molecule has 0 aliphatic rings. The van der Waals surface area contributed by atoms with E-state index in [9.17, 15) is 8.78 Å². The first-order chi connectivity index (χ1) is 10.2. The topological polar surface area (TPSA) is 25.2 Å². The maximum Gasteiger partial charge on any atom is 0.134 e. The van der Waals surface area contributed by atoms with Gasteiger partial charge in [0, 0.05) is 23.1 Å². The minimum absolute atomic E-state index is 0.0742. The van der Waals surface area contributed by atoms with Crippen LogP contribution in [0.4, 0.5) is 8.78 Å². The van der Waals surface area contributed by atoms with Gasteiger partial charge in [-0.2, -0.15) is 0 Å². The predicted octanol–water partition coefficient (Wildman–Crippen LogP) is 4.21. The second-order valence-electron chi connectivity index (χ2n) is 5.01. The maximum absolute atomic E-state index is 13.3.